The molecule has 0 aliphatic rings. The van der Waals surface area contributed by atoms with Crippen LogP contribution in [0.4, 0.5) is 5.69 Å². The first-order valence-corrected chi connectivity index (χ1v) is 7.51. The zero-order chi connectivity index (χ0) is 15.4. The number of thiophene rings is 1. The predicted octanol–water partition coefficient (Wildman–Crippen LogP) is 3.08. The van der Waals surface area contributed by atoms with E-state index in [4.69, 9.17) is 0 Å². The fourth-order valence-corrected chi connectivity index (χ4v) is 2.81. The first-order chi connectivity index (χ1) is 9.97. The van der Waals surface area contributed by atoms with E-state index in [-0.39, 0.29) is 18.4 Å². The topological polar surface area (TPSA) is 49.4 Å². The molecule has 5 heteroatoms. The third-order valence-corrected chi connectivity index (χ3v) is 4.12. The van der Waals surface area contributed by atoms with Crippen LogP contribution in [0.3, 0.4) is 0 Å². The van der Waals surface area contributed by atoms with Gasteiger partial charge in [-0.1, -0.05) is 17.7 Å². The fourth-order valence-electron chi connectivity index (χ4n) is 1.89. The number of nitrogens with one attached hydrogen (secondary N) is 1. The Kier molecular flexibility index (Phi) is 4.75. The van der Waals surface area contributed by atoms with Gasteiger partial charge in [0.25, 0.3) is 5.91 Å². The summed E-state index contributed by atoms with van der Waals surface area (Å²) in [5.74, 6) is -0.328. The summed E-state index contributed by atoms with van der Waals surface area (Å²) in [5, 5.41) is 4.66. The number of aryl methyl sites for hydroxylation is 2. The number of likely N-dealkylation sites (N-methyl/N-ethyl adjacent to an activating group) is 1. The molecule has 0 spiro atoms. The monoisotopic (exact) mass is 302 g/mol. The molecule has 0 fully saturated rings. The van der Waals surface area contributed by atoms with Crippen LogP contribution < -0.4 is 5.32 Å². The molecule has 1 N–H and O–H groups in total. The van der Waals surface area contributed by atoms with E-state index >= 15 is 0 Å². The van der Waals surface area contributed by atoms with Gasteiger partial charge in [-0.05, 0) is 43.0 Å². The Hall–Kier alpha value is -2.14. The molecule has 21 heavy (non-hydrogen) atoms. The zero-order valence-corrected chi connectivity index (χ0v) is 13.2. The normalized spacial score (nSPS) is 10.2. The second-order valence-electron chi connectivity index (χ2n) is 5.01. The lowest BCUT2D eigenvalue weighted by atomic mass is 10.2. The lowest BCUT2D eigenvalue weighted by Crippen LogP contribution is -2.34. The van der Waals surface area contributed by atoms with Gasteiger partial charge in [-0.3, -0.25) is 9.59 Å². The summed E-state index contributed by atoms with van der Waals surface area (Å²) in [4.78, 5) is 26.3. The van der Waals surface area contributed by atoms with Gasteiger partial charge in [0, 0.05) is 12.7 Å². The Morgan fingerprint density at radius 1 is 1.14 bits per heavy atom. The van der Waals surface area contributed by atoms with Crippen molar-refractivity contribution in [3.05, 3.63) is 51.7 Å². The minimum Gasteiger partial charge on any atom is -0.332 e. The van der Waals surface area contributed by atoms with Crippen molar-refractivity contribution in [3.63, 3.8) is 0 Å². The van der Waals surface area contributed by atoms with E-state index in [1.165, 1.54) is 16.2 Å². The van der Waals surface area contributed by atoms with Crippen LogP contribution in [0, 0.1) is 13.8 Å². The van der Waals surface area contributed by atoms with E-state index in [0.717, 1.165) is 16.8 Å². The lowest BCUT2D eigenvalue weighted by Gasteiger charge is -2.16. The second kappa shape index (κ2) is 6.54. The first kappa shape index (κ1) is 15.3. The summed E-state index contributed by atoms with van der Waals surface area (Å²) in [6, 6.07) is 9.45. The summed E-state index contributed by atoms with van der Waals surface area (Å²) in [6.45, 7) is 3.91. The predicted molar refractivity (Wildman–Crippen MR) is 85.8 cm³/mol. The molecule has 0 radical (unpaired) electrons. The molecule has 4 nitrogen and oxygen atoms in total. The Balaban J connectivity index is 1.94. The number of nitrogens with zero attached hydrogens (tertiary/aromatic N) is 1. The van der Waals surface area contributed by atoms with Crippen LogP contribution in [0.25, 0.3) is 0 Å². The summed E-state index contributed by atoms with van der Waals surface area (Å²) in [5.41, 5.74) is 2.81. The van der Waals surface area contributed by atoms with Crippen molar-refractivity contribution in [1.29, 1.82) is 0 Å². The average Bonchev–Trinajstić information content (AvgIpc) is 2.86. The van der Waals surface area contributed by atoms with Gasteiger partial charge in [0.1, 0.15) is 0 Å². The highest BCUT2D eigenvalue weighted by Gasteiger charge is 2.17. The quantitative estimate of drug-likeness (QED) is 0.943. The van der Waals surface area contributed by atoms with Crippen LogP contribution in [0.2, 0.25) is 0 Å². The molecule has 2 rings (SSSR count). The largest absolute Gasteiger partial charge is 0.332 e. The fraction of sp³-hybridized carbons (Fsp3) is 0.250. The number of benzene rings is 1. The minimum atomic E-state index is -0.205. The van der Waals surface area contributed by atoms with Gasteiger partial charge >= 0.3 is 0 Å². The highest BCUT2D eigenvalue weighted by molar-refractivity contribution is 7.12. The number of carbonyl (C=O) groups excluding carboxylic acids is 2. The van der Waals surface area contributed by atoms with Crippen molar-refractivity contribution < 1.29 is 9.59 Å². The number of hydrogen-bond donors (Lipinski definition) is 1. The number of rotatable bonds is 4. The molecule has 110 valence electrons. The Labute approximate surface area is 128 Å². The SMILES string of the molecule is Cc1ccc(NC(=O)CN(C)C(=O)c2sccc2C)cc1. The number of amides is 2. The van der Waals surface area contributed by atoms with Crippen molar-refractivity contribution in [2.75, 3.05) is 18.9 Å². The molecular formula is C16H18N2O2S. The van der Waals surface area contributed by atoms with Gasteiger partial charge in [-0.25, -0.2) is 0 Å². The maximum absolute atomic E-state index is 12.2. The highest BCUT2D eigenvalue weighted by atomic mass is 32.1. The smallest absolute Gasteiger partial charge is 0.264 e. The summed E-state index contributed by atoms with van der Waals surface area (Å²) in [6.07, 6.45) is 0. The van der Waals surface area contributed by atoms with E-state index in [0.29, 0.717) is 4.88 Å². The van der Waals surface area contributed by atoms with Crippen LogP contribution >= 0.6 is 11.3 Å². The van der Waals surface area contributed by atoms with Crippen molar-refractivity contribution >= 4 is 28.8 Å². The van der Waals surface area contributed by atoms with E-state index in [1.54, 1.807) is 7.05 Å². The first-order valence-electron chi connectivity index (χ1n) is 6.63. The van der Waals surface area contributed by atoms with Gasteiger partial charge in [-0.2, -0.15) is 0 Å². The van der Waals surface area contributed by atoms with Crippen LogP contribution in [-0.2, 0) is 4.79 Å². The Morgan fingerprint density at radius 2 is 1.81 bits per heavy atom. The van der Waals surface area contributed by atoms with Crippen molar-refractivity contribution in [1.82, 2.24) is 4.90 Å². The standard InChI is InChI=1S/C16H18N2O2S/c1-11-4-6-13(7-5-11)17-14(19)10-18(3)16(20)15-12(2)8-9-21-15/h4-9H,10H2,1-3H3,(H,17,19). The van der Waals surface area contributed by atoms with E-state index < -0.39 is 0 Å². The molecule has 1 aromatic carbocycles. The number of anilines is 1. The molecule has 2 amide bonds. The zero-order valence-electron chi connectivity index (χ0n) is 12.3. The highest BCUT2D eigenvalue weighted by Crippen LogP contribution is 2.17. The minimum absolute atomic E-state index is 0.0318. The average molecular weight is 302 g/mol. The van der Waals surface area contributed by atoms with Crippen LogP contribution in [0.15, 0.2) is 35.7 Å². The maximum Gasteiger partial charge on any atom is 0.264 e. The van der Waals surface area contributed by atoms with Gasteiger partial charge in [0.05, 0.1) is 11.4 Å². The van der Waals surface area contributed by atoms with E-state index in [1.807, 2.05) is 49.6 Å². The molecule has 0 atom stereocenters. The van der Waals surface area contributed by atoms with Gasteiger partial charge < -0.3 is 10.2 Å². The molecule has 0 saturated carbocycles. The number of carbonyl (C=O) groups is 2. The summed E-state index contributed by atoms with van der Waals surface area (Å²) < 4.78 is 0. The van der Waals surface area contributed by atoms with Crippen LogP contribution in [-0.4, -0.2) is 30.3 Å². The molecule has 2 aromatic rings. The van der Waals surface area contributed by atoms with Gasteiger partial charge in [-0.15, -0.1) is 11.3 Å². The van der Waals surface area contributed by atoms with Crippen molar-refractivity contribution in [2.45, 2.75) is 13.8 Å². The maximum atomic E-state index is 12.2. The van der Waals surface area contributed by atoms with Gasteiger partial charge in [0.2, 0.25) is 5.91 Å². The molecule has 0 unspecified atom stereocenters. The molecule has 0 bridgehead atoms. The lowest BCUT2D eigenvalue weighted by molar-refractivity contribution is -0.116. The third-order valence-electron chi connectivity index (χ3n) is 3.12. The number of hydrogen-bond acceptors (Lipinski definition) is 3. The summed E-state index contributed by atoms with van der Waals surface area (Å²) >= 11 is 1.40. The van der Waals surface area contributed by atoms with Crippen LogP contribution in [0.1, 0.15) is 20.8 Å². The third kappa shape index (κ3) is 3.92. The molecular weight excluding hydrogens is 284 g/mol. The molecule has 0 aliphatic carbocycles. The molecule has 1 aromatic heterocycles. The van der Waals surface area contributed by atoms with E-state index in [9.17, 15) is 9.59 Å². The van der Waals surface area contributed by atoms with Crippen molar-refractivity contribution in [3.8, 4) is 0 Å². The molecule has 0 saturated heterocycles. The Bertz CT molecular complexity index is 647. The molecule has 1 heterocycles. The summed E-state index contributed by atoms with van der Waals surface area (Å²) in [7, 11) is 1.64. The molecule has 0 aliphatic heterocycles. The van der Waals surface area contributed by atoms with Crippen molar-refractivity contribution in [2.24, 2.45) is 0 Å². The second-order valence-corrected chi connectivity index (χ2v) is 5.92. The van der Waals surface area contributed by atoms with Gasteiger partial charge in [0.15, 0.2) is 0 Å². The Morgan fingerprint density at radius 3 is 2.38 bits per heavy atom. The van der Waals surface area contributed by atoms with E-state index in [2.05, 4.69) is 5.32 Å². The van der Waals surface area contributed by atoms with Crippen LogP contribution in [0.5, 0.6) is 0 Å².